The van der Waals surface area contributed by atoms with Gasteiger partial charge in [0.05, 0.1) is 0 Å². The second-order valence-electron chi connectivity index (χ2n) is 3.88. The topological polar surface area (TPSA) is 40.5 Å². The second kappa shape index (κ2) is 16.6. The first-order chi connectivity index (χ1) is 7.54. The van der Waals surface area contributed by atoms with E-state index in [0.717, 1.165) is 7.11 Å². The van der Waals surface area contributed by atoms with Gasteiger partial charge in [-0.3, -0.25) is 0 Å². The molecule has 0 aromatic carbocycles. The summed E-state index contributed by atoms with van der Waals surface area (Å²) < 4.78 is 8.77. The molecule has 2 nitrogen and oxygen atoms in total. The van der Waals surface area contributed by atoms with E-state index in [1.165, 1.54) is 6.04 Å². The Morgan fingerprint density at radius 1 is 1.06 bits per heavy atom. The highest BCUT2D eigenvalue weighted by molar-refractivity contribution is 7.74. The van der Waals surface area contributed by atoms with Gasteiger partial charge in [-0.05, 0) is 19.0 Å². The van der Waals surface area contributed by atoms with E-state index in [2.05, 4.69) is 44.0 Å². The van der Waals surface area contributed by atoms with Gasteiger partial charge in [0, 0.05) is 15.2 Å². The SMILES string of the molecule is CC[Si](C)(C)C.CC[Si](Cl)(Cl)Cl.CO.[3H]OS. The average Bonchev–Trinajstić information content (AvgIpc) is 2.21. The maximum Gasteiger partial charge on any atom is 0.341 e. The maximum absolute atomic E-state index is 7.00. The molecular formula is C8H25Cl3O2SSi2. The van der Waals surface area contributed by atoms with E-state index in [4.69, 9.17) is 39.8 Å². The van der Waals surface area contributed by atoms with Gasteiger partial charge in [0.1, 0.15) is 0 Å². The Labute approximate surface area is 124 Å². The van der Waals surface area contributed by atoms with Crippen molar-refractivity contribution in [3.05, 3.63) is 0 Å². The van der Waals surface area contributed by atoms with Crippen molar-refractivity contribution in [1.29, 1.82) is 1.43 Å². The van der Waals surface area contributed by atoms with Crippen LogP contribution in [0, 0.1) is 0 Å². The Hall–Kier alpha value is 1.57. The number of aliphatic hydroxyl groups is 1. The van der Waals surface area contributed by atoms with Crippen molar-refractivity contribution < 1.29 is 9.66 Å². The van der Waals surface area contributed by atoms with Crippen LogP contribution in [-0.4, -0.2) is 30.8 Å². The standard InChI is InChI=1S/C5H14Si.C2H5Cl3Si.CH4O.H2OS/c1-5-6(2,3)4;1-2-6(3,4)5;2*1-2/h5H2,1-4H3;2H2,1H3;2H,1H3;1-2H/i/hT. The summed E-state index contributed by atoms with van der Waals surface area (Å²) in [4.78, 5) is 0. The summed E-state index contributed by atoms with van der Waals surface area (Å²) in [6.07, 6.45) is 0. The molecule has 0 saturated heterocycles. The highest BCUT2D eigenvalue weighted by atomic mass is 35.8. The second-order valence-corrected chi connectivity index (χ2v) is 19.2. The van der Waals surface area contributed by atoms with Gasteiger partial charge in [0.25, 0.3) is 0 Å². The third-order valence-corrected chi connectivity index (χ3v) is 6.79. The van der Waals surface area contributed by atoms with Gasteiger partial charge >= 0.3 is 6.00 Å². The predicted octanol–water partition coefficient (Wildman–Crippen LogP) is 5.00. The molecule has 0 spiro atoms. The minimum atomic E-state index is -2.21. The summed E-state index contributed by atoms with van der Waals surface area (Å²) in [6, 6.07) is -0.0988. The molecule has 0 aliphatic carbocycles. The highest BCUT2D eigenvalue weighted by Crippen LogP contribution is 2.23. The van der Waals surface area contributed by atoms with Gasteiger partial charge in [-0.2, -0.15) is 0 Å². The number of hydrogen-bond donors (Lipinski definition) is 3. The molecule has 0 heterocycles. The quantitative estimate of drug-likeness (QED) is 0.284. The van der Waals surface area contributed by atoms with Gasteiger partial charge < -0.3 is 9.66 Å². The Morgan fingerprint density at radius 2 is 1.19 bits per heavy atom. The fourth-order valence-electron chi connectivity index (χ4n) is 0. The molecule has 104 valence electrons. The Balaban J connectivity index is -0.0000000727. The molecule has 0 aromatic heterocycles. The zero-order valence-electron chi connectivity index (χ0n) is 11.9. The summed E-state index contributed by atoms with van der Waals surface area (Å²) in [7, 11) is 0.369. The molecule has 0 aliphatic rings. The molecule has 0 radical (unpaired) electrons. The van der Waals surface area contributed by atoms with E-state index >= 15 is 0 Å². The molecule has 16 heavy (non-hydrogen) atoms. The lowest BCUT2D eigenvalue weighted by Crippen LogP contribution is -2.16. The maximum atomic E-state index is 7.00. The summed E-state index contributed by atoms with van der Waals surface area (Å²) in [5.41, 5.74) is 0. The predicted molar refractivity (Wildman–Crippen MR) is 87.4 cm³/mol. The van der Waals surface area contributed by atoms with Gasteiger partial charge in [-0.15, -0.1) is 33.2 Å². The van der Waals surface area contributed by atoms with E-state index in [1.54, 1.807) is 0 Å². The third kappa shape index (κ3) is 57.7. The van der Waals surface area contributed by atoms with E-state index in [1.807, 2.05) is 6.92 Å². The van der Waals surface area contributed by atoms with Crippen LogP contribution in [0.15, 0.2) is 0 Å². The van der Waals surface area contributed by atoms with Gasteiger partial charge in [-0.25, -0.2) is 0 Å². The van der Waals surface area contributed by atoms with E-state index in [9.17, 15) is 0 Å². The van der Waals surface area contributed by atoms with E-state index in [-0.39, 0.29) is 0 Å². The Kier molecular flexibility index (Phi) is 23.5. The molecule has 0 atom stereocenters. The largest absolute Gasteiger partial charge is 0.400 e. The monoisotopic (exact) mass is 348 g/mol. The lowest BCUT2D eigenvalue weighted by Gasteiger charge is -2.09. The van der Waals surface area contributed by atoms with Crippen molar-refractivity contribution in [2.24, 2.45) is 0 Å². The number of halogens is 3. The summed E-state index contributed by atoms with van der Waals surface area (Å²) in [5.74, 6) is 0. The number of rotatable bonds is 2. The van der Waals surface area contributed by atoms with Crippen molar-refractivity contribution in [3.63, 3.8) is 0 Å². The lowest BCUT2D eigenvalue weighted by molar-refractivity contribution is 0.399. The van der Waals surface area contributed by atoms with Crippen LogP contribution in [0.25, 0.3) is 1.43 Å². The fourth-order valence-corrected chi connectivity index (χ4v) is 0. The molecule has 0 bridgehead atoms. The molecular weight excluding hydrogens is 323 g/mol. The van der Waals surface area contributed by atoms with Gasteiger partial charge in [-0.1, -0.05) is 39.5 Å². The van der Waals surface area contributed by atoms with Gasteiger partial charge in [0.2, 0.25) is 1.43 Å². The zero-order chi connectivity index (χ0) is 15.1. The summed E-state index contributed by atoms with van der Waals surface area (Å²) in [6.45, 7) is 11.3. The molecule has 0 aromatic rings. The van der Waals surface area contributed by atoms with Crippen LogP contribution in [0.5, 0.6) is 0 Å². The van der Waals surface area contributed by atoms with Crippen LogP contribution in [0.4, 0.5) is 0 Å². The van der Waals surface area contributed by atoms with Crippen molar-refractivity contribution in [2.45, 2.75) is 45.6 Å². The molecule has 0 unspecified atom stereocenters. The van der Waals surface area contributed by atoms with E-state index < -0.39 is 14.1 Å². The Bertz CT molecular complexity index is 121. The number of hydrogen-bond acceptors (Lipinski definition) is 3. The van der Waals surface area contributed by atoms with Crippen LogP contribution in [0.3, 0.4) is 0 Å². The summed E-state index contributed by atoms with van der Waals surface area (Å²) >= 11 is 19.1. The van der Waals surface area contributed by atoms with Crippen molar-refractivity contribution in [1.82, 2.24) is 0 Å². The fraction of sp³-hybridized carbons (Fsp3) is 1.00. The molecule has 0 amide bonds. The third-order valence-electron chi connectivity index (χ3n) is 1.46. The van der Waals surface area contributed by atoms with E-state index in [0.29, 0.717) is 6.04 Å². The van der Waals surface area contributed by atoms with Crippen molar-refractivity contribution in [2.75, 3.05) is 7.11 Å². The van der Waals surface area contributed by atoms with Gasteiger partial charge in [0.15, 0.2) is 0 Å². The summed E-state index contributed by atoms with van der Waals surface area (Å²) in [5, 5.41) is 7.00. The van der Waals surface area contributed by atoms with Crippen LogP contribution in [-0.2, 0) is 0 Å². The molecule has 2 N–H and O–H groups in total. The molecule has 8 heteroatoms. The highest BCUT2D eigenvalue weighted by Gasteiger charge is 2.20. The molecule has 0 rings (SSSR count). The Morgan fingerprint density at radius 3 is 1.19 bits per heavy atom. The van der Waals surface area contributed by atoms with Crippen molar-refractivity contribution >= 4 is 60.2 Å². The lowest BCUT2D eigenvalue weighted by atomic mass is 11.0. The van der Waals surface area contributed by atoms with Crippen LogP contribution >= 0.6 is 46.1 Å². The smallest absolute Gasteiger partial charge is 0.341 e. The number of thiol groups is 1. The van der Waals surface area contributed by atoms with Crippen LogP contribution in [0.1, 0.15) is 13.8 Å². The first kappa shape index (κ1) is 22.7. The molecule has 0 saturated carbocycles. The molecule has 0 fully saturated rings. The first-order valence-corrected chi connectivity index (χ1v) is 14.1. The van der Waals surface area contributed by atoms with Crippen LogP contribution < -0.4 is 0 Å². The van der Waals surface area contributed by atoms with Crippen molar-refractivity contribution in [3.8, 4) is 0 Å². The van der Waals surface area contributed by atoms with Crippen LogP contribution in [0.2, 0.25) is 31.7 Å². The minimum absolute atomic E-state index is 0.631. The normalized spacial score (nSPS) is 10.6. The molecule has 0 aliphatic heterocycles. The number of aliphatic hydroxyl groups excluding tert-OH is 1. The average molecular weight is 350 g/mol. The zero-order valence-corrected chi connectivity index (χ0v) is 16.0. The first-order valence-electron chi connectivity index (χ1n) is 5.23. The minimum Gasteiger partial charge on any atom is -0.400 e.